The molecule has 0 saturated heterocycles. The monoisotopic (exact) mass is 278 g/mol. The second-order valence-electron chi connectivity index (χ2n) is 4.89. The average molecular weight is 280 g/mol. The van der Waals surface area contributed by atoms with Crippen molar-refractivity contribution in [3.63, 3.8) is 0 Å². The van der Waals surface area contributed by atoms with E-state index in [1.54, 1.807) is 7.11 Å². The largest absolute Gasteiger partial charge is 0.497 e. The molecule has 0 aromatic rings. The van der Waals surface area contributed by atoms with Crippen molar-refractivity contribution in [2.45, 2.75) is 23.6 Å². The fourth-order valence-corrected chi connectivity index (χ4v) is 5.01. The quantitative estimate of drug-likeness (QED) is 0.693. The highest BCUT2D eigenvalue weighted by Crippen LogP contribution is 2.87. The predicted molar refractivity (Wildman–Crippen MR) is 67.0 cm³/mol. The summed E-state index contributed by atoms with van der Waals surface area (Å²) in [5.74, 6) is 1.29. The molecule has 0 radical (unpaired) electrons. The number of rotatable bonds is 2. The maximum absolute atomic E-state index is 6.49. The van der Waals surface area contributed by atoms with E-state index in [1.165, 1.54) is 6.42 Å². The third-order valence-corrected chi connectivity index (χ3v) is 6.11. The zero-order valence-corrected chi connectivity index (χ0v) is 11.3. The van der Waals surface area contributed by atoms with Gasteiger partial charge >= 0.3 is 0 Å². The van der Waals surface area contributed by atoms with Crippen LogP contribution >= 0.6 is 34.8 Å². The predicted octanol–water partition coefficient (Wildman–Crippen LogP) is 4.04. The summed E-state index contributed by atoms with van der Waals surface area (Å²) >= 11 is 18.9. The third-order valence-electron chi connectivity index (χ3n) is 4.47. The maximum Gasteiger partial charge on any atom is 0.138 e. The molecule has 0 amide bonds. The molecule has 0 aliphatic heterocycles. The normalized spacial score (nSPS) is 43.0. The van der Waals surface area contributed by atoms with Gasteiger partial charge in [-0.05, 0) is 18.9 Å². The summed E-state index contributed by atoms with van der Waals surface area (Å²) in [6, 6.07) is 0. The summed E-state index contributed by atoms with van der Waals surface area (Å²) < 4.78 is 4.70. The number of hydrogen-bond acceptors (Lipinski definition) is 1. The van der Waals surface area contributed by atoms with Crippen LogP contribution in [0.3, 0.4) is 0 Å². The van der Waals surface area contributed by atoms with Gasteiger partial charge in [0.25, 0.3) is 0 Å². The third kappa shape index (κ3) is 0.935. The van der Waals surface area contributed by atoms with Crippen LogP contribution in [0.5, 0.6) is 0 Å². The Kier molecular flexibility index (Phi) is 2.20. The van der Waals surface area contributed by atoms with Crippen LogP contribution in [0.15, 0.2) is 23.5 Å². The molecule has 0 heterocycles. The molecule has 3 rings (SSSR count). The molecule has 1 nitrogen and oxygen atoms in total. The lowest BCUT2D eigenvalue weighted by atomic mass is 9.88. The Balaban J connectivity index is 2.13. The van der Waals surface area contributed by atoms with Gasteiger partial charge in [0.1, 0.15) is 10.1 Å². The van der Waals surface area contributed by atoms with E-state index in [1.807, 2.05) is 0 Å². The second kappa shape index (κ2) is 3.13. The van der Waals surface area contributed by atoms with Gasteiger partial charge < -0.3 is 4.74 Å². The number of ether oxygens (including phenoxy) is 1. The topological polar surface area (TPSA) is 9.23 Å². The maximum atomic E-state index is 6.49. The van der Waals surface area contributed by atoms with E-state index in [-0.39, 0.29) is 10.8 Å². The Bertz CT molecular complexity index is 376. The van der Waals surface area contributed by atoms with Gasteiger partial charge in [0.2, 0.25) is 0 Å². The number of hydrogen-bond donors (Lipinski definition) is 0. The van der Waals surface area contributed by atoms with Crippen LogP contribution in [0.25, 0.3) is 0 Å². The van der Waals surface area contributed by atoms with Crippen LogP contribution in [0.2, 0.25) is 0 Å². The van der Waals surface area contributed by atoms with E-state index < -0.39 is 4.33 Å². The van der Waals surface area contributed by atoms with Crippen molar-refractivity contribution in [1.82, 2.24) is 0 Å². The molecule has 0 bridgehead atoms. The molecule has 0 N–H and O–H groups in total. The zero-order valence-electron chi connectivity index (χ0n) is 9.03. The Hall–Kier alpha value is 0.150. The Morgan fingerprint density at radius 3 is 2.44 bits per heavy atom. The minimum Gasteiger partial charge on any atom is -0.497 e. The lowest BCUT2D eigenvalue weighted by Gasteiger charge is -2.20. The highest BCUT2D eigenvalue weighted by atomic mass is 35.5. The molecule has 2 fully saturated rings. The Labute approximate surface area is 110 Å². The fourth-order valence-electron chi connectivity index (χ4n) is 3.63. The number of allylic oxidation sites excluding steroid dienone is 3. The highest BCUT2D eigenvalue weighted by Gasteiger charge is 2.86. The number of halogens is 3. The van der Waals surface area contributed by atoms with Crippen molar-refractivity contribution in [2.24, 2.45) is 10.8 Å². The molecule has 88 valence electrons. The molecular weight excluding hydrogens is 266 g/mol. The van der Waals surface area contributed by atoms with Crippen molar-refractivity contribution < 1.29 is 4.74 Å². The standard InChI is InChI=1S/C12H13Cl3O/c1-16-9-6-11-4-2-3-10(11,12(11,14)15)5-8(9)7-13/h5-6H,2-4,7H2,1H3/t10-,11+/m1/s1. The summed E-state index contributed by atoms with van der Waals surface area (Å²) in [6.45, 7) is 0. The molecule has 2 atom stereocenters. The van der Waals surface area contributed by atoms with Gasteiger partial charge in [0, 0.05) is 16.4 Å². The lowest BCUT2D eigenvalue weighted by Crippen LogP contribution is -2.12. The summed E-state index contributed by atoms with van der Waals surface area (Å²) in [4.78, 5) is 0. The van der Waals surface area contributed by atoms with Crippen LogP contribution < -0.4 is 0 Å². The van der Waals surface area contributed by atoms with E-state index in [4.69, 9.17) is 39.5 Å². The van der Waals surface area contributed by atoms with Gasteiger partial charge in [-0.25, -0.2) is 0 Å². The molecule has 4 heteroatoms. The van der Waals surface area contributed by atoms with Gasteiger partial charge in [-0.15, -0.1) is 11.6 Å². The number of alkyl halides is 3. The van der Waals surface area contributed by atoms with E-state index in [2.05, 4.69) is 12.2 Å². The van der Waals surface area contributed by atoms with Crippen LogP contribution in [0.4, 0.5) is 0 Å². The summed E-state index contributed by atoms with van der Waals surface area (Å²) in [7, 11) is 1.66. The van der Waals surface area contributed by atoms with Gasteiger partial charge in [-0.1, -0.05) is 35.7 Å². The SMILES string of the molecule is COC1=C[C@@]23CCC[C@]2(C=C1CCl)C3(Cl)Cl. The van der Waals surface area contributed by atoms with Gasteiger partial charge in [-0.3, -0.25) is 0 Å². The van der Waals surface area contributed by atoms with Crippen LogP contribution in [-0.2, 0) is 4.74 Å². The van der Waals surface area contributed by atoms with Crippen molar-refractivity contribution >= 4 is 34.8 Å². The first kappa shape index (κ1) is 11.3. The Morgan fingerprint density at radius 1 is 1.25 bits per heavy atom. The first-order chi connectivity index (χ1) is 7.54. The van der Waals surface area contributed by atoms with Crippen molar-refractivity contribution in [1.29, 1.82) is 0 Å². The molecule has 16 heavy (non-hydrogen) atoms. The number of methoxy groups -OCH3 is 1. The summed E-state index contributed by atoms with van der Waals surface area (Å²) in [6.07, 6.45) is 7.52. The molecule has 0 aromatic carbocycles. The van der Waals surface area contributed by atoms with Gasteiger partial charge in [-0.2, -0.15) is 0 Å². The highest BCUT2D eigenvalue weighted by molar-refractivity contribution is 6.53. The minimum absolute atomic E-state index is 0.0879. The molecule has 0 unspecified atom stereocenters. The summed E-state index contributed by atoms with van der Waals surface area (Å²) in [5.41, 5.74) is 0.823. The van der Waals surface area contributed by atoms with Crippen molar-refractivity contribution in [3.05, 3.63) is 23.5 Å². The van der Waals surface area contributed by atoms with Gasteiger partial charge in [0.15, 0.2) is 0 Å². The van der Waals surface area contributed by atoms with E-state index in [0.717, 1.165) is 24.2 Å². The molecule has 3 aliphatic carbocycles. The summed E-state index contributed by atoms with van der Waals surface area (Å²) in [5, 5.41) is 0. The van der Waals surface area contributed by atoms with Crippen molar-refractivity contribution in [3.8, 4) is 0 Å². The first-order valence-electron chi connectivity index (χ1n) is 5.47. The smallest absolute Gasteiger partial charge is 0.138 e. The van der Waals surface area contributed by atoms with Crippen molar-refractivity contribution in [2.75, 3.05) is 13.0 Å². The van der Waals surface area contributed by atoms with Gasteiger partial charge in [0.05, 0.1) is 13.0 Å². The molecule has 0 aromatic heterocycles. The van der Waals surface area contributed by atoms with Crippen LogP contribution in [0.1, 0.15) is 19.3 Å². The van der Waals surface area contributed by atoms with E-state index in [0.29, 0.717) is 5.88 Å². The first-order valence-corrected chi connectivity index (χ1v) is 6.76. The molecule has 2 saturated carbocycles. The molecular formula is C12H13Cl3O. The fraction of sp³-hybridized carbons (Fsp3) is 0.667. The van der Waals surface area contributed by atoms with E-state index in [9.17, 15) is 0 Å². The van der Waals surface area contributed by atoms with Crippen LogP contribution in [0, 0.1) is 10.8 Å². The molecule has 0 spiro atoms. The zero-order chi connectivity index (χ0) is 11.6. The average Bonchev–Trinajstić information content (AvgIpc) is 2.62. The van der Waals surface area contributed by atoms with E-state index >= 15 is 0 Å². The minimum atomic E-state index is -0.671. The lowest BCUT2D eigenvalue weighted by molar-refractivity contribution is 0.289. The Morgan fingerprint density at radius 2 is 1.88 bits per heavy atom. The second-order valence-corrected chi connectivity index (χ2v) is 6.48. The molecule has 3 aliphatic rings. The van der Waals surface area contributed by atoms with Crippen LogP contribution in [-0.4, -0.2) is 17.3 Å².